The van der Waals surface area contributed by atoms with Crippen LogP contribution < -0.4 is 10.6 Å². The van der Waals surface area contributed by atoms with Gasteiger partial charge < -0.3 is 15.7 Å². The molecule has 94 valence electrons. The van der Waals surface area contributed by atoms with Gasteiger partial charge in [-0.25, -0.2) is 0 Å². The molecule has 1 fully saturated rings. The van der Waals surface area contributed by atoms with Gasteiger partial charge in [0, 0.05) is 31.4 Å². The monoisotopic (exact) mass is 234 g/mol. The number of benzene rings is 1. The van der Waals surface area contributed by atoms with Gasteiger partial charge in [0.2, 0.25) is 0 Å². The number of aliphatic hydroxyl groups excluding tert-OH is 1. The second-order valence-corrected chi connectivity index (χ2v) is 5.02. The predicted molar refractivity (Wildman–Crippen MR) is 71.1 cm³/mol. The Balaban J connectivity index is 2.06. The van der Waals surface area contributed by atoms with Gasteiger partial charge in [-0.05, 0) is 43.4 Å². The summed E-state index contributed by atoms with van der Waals surface area (Å²) in [7, 11) is 0. The molecule has 1 saturated heterocycles. The molecule has 0 aromatic heterocycles. The van der Waals surface area contributed by atoms with Crippen molar-refractivity contribution < 1.29 is 5.11 Å². The molecule has 1 heterocycles. The van der Waals surface area contributed by atoms with E-state index < -0.39 is 0 Å². The Hall–Kier alpha value is -1.06. The molecule has 1 aliphatic heterocycles. The minimum Gasteiger partial charge on any atom is -0.396 e. The van der Waals surface area contributed by atoms with E-state index >= 15 is 0 Å². The molecule has 2 atom stereocenters. The molecule has 17 heavy (non-hydrogen) atoms. The molecule has 1 unspecified atom stereocenters. The Bertz CT molecular complexity index is 348. The van der Waals surface area contributed by atoms with Gasteiger partial charge in [0.25, 0.3) is 0 Å². The average molecular weight is 234 g/mol. The molecule has 0 aliphatic carbocycles. The van der Waals surface area contributed by atoms with Crippen LogP contribution in [0.5, 0.6) is 0 Å². The summed E-state index contributed by atoms with van der Waals surface area (Å²) in [5.41, 5.74) is 8.25. The maximum atomic E-state index is 9.23. The van der Waals surface area contributed by atoms with E-state index in [1.807, 2.05) is 6.92 Å². The van der Waals surface area contributed by atoms with Gasteiger partial charge in [-0.3, -0.25) is 0 Å². The first kappa shape index (κ1) is 12.4. The highest BCUT2D eigenvalue weighted by molar-refractivity contribution is 5.48. The molecule has 1 aromatic carbocycles. The molecule has 0 spiro atoms. The number of aliphatic hydroxyl groups is 1. The molecule has 3 nitrogen and oxygen atoms in total. The van der Waals surface area contributed by atoms with Crippen molar-refractivity contribution in [2.24, 2.45) is 11.7 Å². The summed E-state index contributed by atoms with van der Waals surface area (Å²) in [6.45, 7) is 4.36. The van der Waals surface area contributed by atoms with Crippen LogP contribution >= 0.6 is 0 Å². The highest BCUT2D eigenvalue weighted by Crippen LogP contribution is 2.24. The van der Waals surface area contributed by atoms with E-state index in [9.17, 15) is 5.11 Å². The van der Waals surface area contributed by atoms with Crippen molar-refractivity contribution in [1.82, 2.24) is 0 Å². The van der Waals surface area contributed by atoms with Crippen LogP contribution in [0.15, 0.2) is 24.3 Å². The Morgan fingerprint density at radius 3 is 2.71 bits per heavy atom. The van der Waals surface area contributed by atoms with Gasteiger partial charge in [-0.2, -0.15) is 0 Å². The summed E-state index contributed by atoms with van der Waals surface area (Å²) >= 11 is 0. The minimum absolute atomic E-state index is 0.0931. The Kier molecular flexibility index (Phi) is 4.02. The standard InChI is InChI=1S/C14H22N2O/c1-11(15)13-4-6-14(7-5-13)16-8-2-3-12(9-16)10-17/h4-7,11-12,17H,2-3,8-10,15H2,1H3/t11-,12?/m0/s1. The van der Waals surface area contributed by atoms with E-state index in [4.69, 9.17) is 5.73 Å². The summed E-state index contributed by atoms with van der Waals surface area (Å²) in [6.07, 6.45) is 2.31. The summed E-state index contributed by atoms with van der Waals surface area (Å²) < 4.78 is 0. The Morgan fingerprint density at radius 1 is 1.41 bits per heavy atom. The zero-order chi connectivity index (χ0) is 12.3. The second-order valence-electron chi connectivity index (χ2n) is 5.02. The normalized spacial score (nSPS) is 22.5. The average Bonchev–Trinajstić information content (AvgIpc) is 2.39. The van der Waals surface area contributed by atoms with Crippen LogP contribution in [-0.4, -0.2) is 24.8 Å². The van der Waals surface area contributed by atoms with Crippen LogP contribution in [0, 0.1) is 5.92 Å². The van der Waals surface area contributed by atoms with Crippen LogP contribution in [0.1, 0.15) is 31.4 Å². The summed E-state index contributed by atoms with van der Waals surface area (Å²) in [5.74, 6) is 0.428. The minimum atomic E-state index is 0.0931. The third-order valence-corrected chi connectivity index (χ3v) is 3.56. The fourth-order valence-electron chi connectivity index (χ4n) is 2.44. The third-order valence-electron chi connectivity index (χ3n) is 3.56. The number of hydrogen-bond acceptors (Lipinski definition) is 3. The molecule has 0 amide bonds. The van der Waals surface area contributed by atoms with E-state index in [0.717, 1.165) is 19.5 Å². The molecule has 0 radical (unpaired) electrons. The molecule has 0 saturated carbocycles. The number of anilines is 1. The smallest absolute Gasteiger partial charge is 0.0476 e. The van der Waals surface area contributed by atoms with Crippen molar-refractivity contribution >= 4 is 5.69 Å². The lowest BCUT2D eigenvalue weighted by molar-refractivity contribution is 0.209. The maximum Gasteiger partial charge on any atom is 0.0476 e. The van der Waals surface area contributed by atoms with Crippen LogP contribution in [0.2, 0.25) is 0 Å². The van der Waals surface area contributed by atoms with Gasteiger partial charge in [0.1, 0.15) is 0 Å². The maximum absolute atomic E-state index is 9.23. The summed E-state index contributed by atoms with van der Waals surface area (Å²) in [5, 5.41) is 9.23. The van der Waals surface area contributed by atoms with Crippen molar-refractivity contribution in [2.75, 3.05) is 24.6 Å². The lowest BCUT2D eigenvalue weighted by Gasteiger charge is -2.33. The lowest BCUT2D eigenvalue weighted by Crippen LogP contribution is -2.36. The summed E-state index contributed by atoms with van der Waals surface area (Å²) in [6, 6.07) is 8.57. The number of nitrogens with zero attached hydrogens (tertiary/aromatic N) is 1. The van der Waals surface area contributed by atoms with E-state index in [1.54, 1.807) is 0 Å². The van der Waals surface area contributed by atoms with Crippen molar-refractivity contribution in [3.63, 3.8) is 0 Å². The van der Waals surface area contributed by atoms with Crippen LogP contribution in [0.3, 0.4) is 0 Å². The fourth-order valence-corrected chi connectivity index (χ4v) is 2.44. The first-order chi connectivity index (χ1) is 8.20. The van der Waals surface area contributed by atoms with E-state index in [2.05, 4.69) is 29.2 Å². The van der Waals surface area contributed by atoms with Crippen LogP contribution in [0.25, 0.3) is 0 Å². The van der Waals surface area contributed by atoms with Gasteiger partial charge in [0.05, 0.1) is 0 Å². The Morgan fingerprint density at radius 2 is 2.12 bits per heavy atom. The zero-order valence-corrected chi connectivity index (χ0v) is 10.5. The van der Waals surface area contributed by atoms with E-state index in [-0.39, 0.29) is 6.04 Å². The SMILES string of the molecule is C[C@H](N)c1ccc(N2CCCC(CO)C2)cc1. The first-order valence-electron chi connectivity index (χ1n) is 6.42. The largest absolute Gasteiger partial charge is 0.396 e. The molecule has 0 bridgehead atoms. The van der Waals surface area contributed by atoms with E-state index in [0.29, 0.717) is 12.5 Å². The molecular weight excluding hydrogens is 212 g/mol. The van der Waals surface area contributed by atoms with Crippen molar-refractivity contribution in [3.05, 3.63) is 29.8 Å². The van der Waals surface area contributed by atoms with Crippen LogP contribution in [0.4, 0.5) is 5.69 Å². The highest BCUT2D eigenvalue weighted by Gasteiger charge is 2.19. The number of piperidine rings is 1. The number of nitrogens with two attached hydrogens (primary N) is 1. The molecule has 2 rings (SSSR count). The lowest BCUT2D eigenvalue weighted by atomic mass is 9.98. The van der Waals surface area contributed by atoms with Crippen molar-refractivity contribution in [3.8, 4) is 0 Å². The molecule has 3 N–H and O–H groups in total. The quantitative estimate of drug-likeness (QED) is 0.840. The third kappa shape index (κ3) is 2.99. The van der Waals surface area contributed by atoms with Crippen molar-refractivity contribution in [2.45, 2.75) is 25.8 Å². The molecule has 1 aliphatic rings. The molecular formula is C14H22N2O. The first-order valence-corrected chi connectivity index (χ1v) is 6.42. The molecule has 3 heteroatoms. The zero-order valence-electron chi connectivity index (χ0n) is 10.5. The highest BCUT2D eigenvalue weighted by atomic mass is 16.3. The second kappa shape index (κ2) is 5.52. The van der Waals surface area contributed by atoms with Gasteiger partial charge >= 0.3 is 0 Å². The van der Waals surface area contributed by atoms with Crippen LogP contribution in [-0.2, 0) is 0 Å². The predicted octanol–water partition coefficient (Wildman–Crippen LogP) is 1.92. The number of hydrogen-bond donors (Lipinski definition) is 2. The van der Waals surface area contributed by atoms with Crippen molar-refractivity contribution in [1.29, 1.82) is 0 Å². The fraction of sp³-hybridized carbons (Fsp3) is 0.571. The topological polar surface area (TPSA) is 49.5 Å². The van der Waals surface area contributed by atoms with E-state index in [1.165, 1.54) is 17.7 Å². The Labute approximate surface area is 103 Å². The van der Waals surface area contributed by atoms with Gasteiger partial charge in [-0.1, -0.05) is 12.1 Å². The number of rotatable bonds is 3. The van der Waals surface area contributed by atoms with Gasteiger partial charge in [0.15, 0.2) is 0 Å². The summed E-state index contributed by atoms with van der Waals surface area (Å²) in [4.78, 5) is 2.36. The molecule has 1 aromatic rings. The van der Waals surface area contributed by atoms with Gasteiger partial charge in [-0.15, -0.1) is 0 Å².